The number of aliphatic hydroxyl groups is 2. The summed E-state index contributed by atoms with van der Waals surface area (Å²) >= 11 is 0. The van der Waals surface area contributed by atoms with Gasteiger partial charge in [0.25, 0.3) is 0 Å². The average Bonchev–Trinajstić information content (AvgIpc) is 2.48. The van der Waals surface area contributed by atoms with Gasteiger partial charge in [0, 0.05) is 6.42 Å². The summed E-state index contributed by atoms with van der Waals surface area (Å²) in [7, 11) is 0. The third kappa shape index (κ3) is 13.8. The molecule has 0 spiro atoms. The lowest BCUT2D eigenvalue weighted by Gasteiger charge is -2.14. The average molecular weight is 312 g/mol. The van der Waals surface area contributed by atoms with E-state index in [0.717, 1.165) is 25.7 Å². The highest BCUT2D eigenvalue weighted by molar-refractivity contribution is 5.66. The summed E-state index contributed by atoms with van der Waals surface area (Å²) in [5.74, 6) is -0.786. The number of aliphatic carboxylic acids is 1. The van der Waals surface area contributed by atoms with Crippen molar-refractivity contribution >= 4 is 5.97 Å². The van der Waals surface area contributed by atoms with Crippen molar-refractivity contribution in [3.8, 4) is 0 Å². The maximum absolute atomic E-state index is 10.3. The van der Waals surface area contributed by atoms with Gasteiger partial charge in [0.15, 0.2) is 0 Å². The van der Waals surface area contributed by atoms with Gasteiger partial charge in [-0.2, -0.15) is 0 Å². The molecule has 0 radical (unpaired) electrons. The van der Waals surface area contributed by atoms with Crippen LogP contribution in [0.1, 0.15) is 71.1 Å². The van der Waals surface area contributed by atoms with Crippen molar-refractivity contribution in [1.82, 2.24) is 0 Å². The van der Waals surface area contributed by atoms with Gasteiger partial charge in [0.1, 0.15) is 0 Å². The summed E-state index contributed by atoms with van der Waals surface area (Å²) in [4.78, 5) is 10.3. The molecule has 4 nitrogen and oxygen atoms in total. The lowest BCUT2D eigenvalue weighted by atomic mass is 10.0. The van der Waals surface area contributed by atoms with E-state index in [2.05, 4.69) is 19.1 Å². The van der Waals surface area contributed by atoms with Crippen molar-refractivity contribution < 1.29 is 20.1 Å². The van der Waals surface area contributed by atoms with Gasteiger partial charge in [-0.15, -0.1) is 0 Å². The molecule has 0 heterocycles. The quantitative estimate of drug-likeness (QED) is 0.336. The maximum atomic E-state index is 10.3. The molecule has 22 heavy (non-hydrogen) atoms. The van der Waals surface area contributed by atoms with Crippen molar-refractivity contribution in [2.75, 3.05) is 0 Å². The van der Waals surface area contributed by atoms with Gasteiger partial charge >= 0.3 is 5.97 Å². The number of allylic oxidation sites excluding steroid dienone is 3. The Bertz CT molecular complexity index is 323. The Kier molecular flexibility index (Phi) is 14.0. The highest BCUT2D eigenvalue weighted by atomic mass is 16.4. The monoisotopic (exact) mass is 312 g/mol. The first-order valence-corrected chi connectivity index (χ1v) is 8.47. The van der Waals surface area contributed by atoms with E-state index in [1.807, 2.05) is 6.08 Å². The second-order valence-electron chi connectivity index (χ2n) is 5.68. The van der Waals surface area contributed by atoms with Gasteiger partial charge in [-0.25, -0.2) is 0 Å². The van der Waals surface area contributed by atoms with Crippen molar-refractivity contribution in [2.45, 2.75) is 83.3 Å². The van der Waals surface area contributed by atoms with E-state index in [4.69, 9.17) is 5.11 Å². The number of carboxylic acid groups (broad SMARTS) is 1. The first kappa shape index (κ1) is 20.9. The van der Waals surface area contributed by atoms with Crippen LogP contribution in [0.15, 0.2) is 24.3 Å². The molecule has 0 saturated heterocycles. The van der Waals surface area contributed by atoms with Crippen LogP contribution in [0.25, 0.3) is 0 Å². The minimum Gasteiger partial charge on any atom is -0.481 e. The Morgan fingerprint density at radius 3 is 2.45 bits per heavy atom. The third-order valence-electron chi connectivity index (χ3n) is 3.53. The van der Waals surface area contributed by atoms with Gasteiger partial charge in [0.2, 0.25) is 0 Å². The van der Waals surface area contributed by atoms with Crippen LogP contribution in [0.3, 0.4) is 0 Å². The number of hydrogen-bond donors (Lipinski definition) is 3. The number of rotatable bonds is 14. The predicted molar refractivity (Wildman–Crippen MR) is 89.8 cm³/mol. The fourth-order valence-electron chi connectivity index (χ4n) is 2.13. The summed E-state index contributed by atoms with van der Waals surface area (Å²) in [6.07, 6.45) is 14.5. The summed E-state index contributed by atoms with van der Waals surface area (Å²) in [5.41, 5.74) is 0. The zero-order valence-electron chi connectivity index (χ0n) is 13.8. The number of unbranched alkanes of at least 4 members (excludes halogenated alkanes) is 5. The Morgan fingerprint density at radius 2 is 1.77 bits per heavy atom. The first-order chi connectivity index (χ1) is 10.6. The van der Waals surface area contributed by atoms with Gasteiger partial charge in [-0.3, -0.25) is 4.79 Å². The lowest BCUT2D eigenvalue weighted by Crippen LogP contribution is -2.23. The molecular formula is C18H32O4. The van der Waals surface area contributed by atoms with Crippen molar-refractivity contribution in [2.24, 2.45) is 0 Å². The highest BCUT2D eigenvalue weighted by Crippen LogP contribution is 2.09. The minimum absolute atomic E-state index is 0.170. The van der Waals surface area contributed by atoms with Crippen LogP contribution >= 0.6 is 0 Å². The number of aliphatic hydroxyl groups excluding tert-OH is 2. The van der Waals surface area contributed by atoms with E-state index < -0.39 is 18.2 Å². The number of carboxylic acids is 1. The fraction of sp³-hybridized carbons (Fsp3) is 0.722. The van der Waals surface area contributed by atoms with Crippen molar-refractivity contribution in [3.63, 3.8) is 0 Å². The molecule has 0 fully saturated rings. The van der Waals surface area contributed by atoms with Gasteiger partial charge in [0.05, 0.1) is 12.2 Å². The summed E-state index contributed by atoms with van der Waals surface area (Å²) in [6.45, 7) is 2.19. The smallest absolute Gasteiger partial charge is 0.303 e. The minimum atomic E-state index is -0.840. The van der Waals surface area contributed by atoms with E-state index >= 15 is 0 Å². The first-order valence-electron chi connectivity index (χ1n) is 8.47. The van der Waals surface area contributed by atoms with Crippen molar-refractivity contribution in [1.29, 1.82) is 0 Å². The SMILES string of the molecule is CCCCC/C=C\C/C=C\[C@H](O)[C@H](O)CCCCCC(=O)O. The van der Waals surface area contributed by atoms with Gasteiger partial charge in [-0.1, -0.05) is 56.9 Å². The Labute approximate surface area is 134 Å². The van der Waals surface area contributed by atoms with Crippen LogP contribution in [0.4, 0.5) is 0 Å². The maximum Gasteiger partial charge on any atom is 0.303 e. The molecule has 0 amide bonds. The zero-order valence-corrected chi connectivity index (χ0v) is 13.8. The molecule has 0 bridgehead atoms. The topological polar surface area (TPSA) is 77.8 Å². The molecule has 0 aromatic heterocycles. The predicted octanol–water partition coefficient (Wildman–Crippen LogP) is 3.83. The molecule has 3 N–H and O–H groups in total. The van der Waals surface area contributed by atoms with Crippen LogP contribution in [0.5, 0.6) is 0 Å². The molecule has 0 aromatic rings. The van der Waals surface area contributed by atoms with Gasteiger partial charge in [-0.05, 0) is 32.1 Å². The Balaban J connectivity index is 3.65. The van der Waals surface area contributed by atoms with E-state index in [9.17, 15) is 15.0 Å². The molecule has 4 heteroatoms. The molecule has 128 valence electrons. The fourth-order valence-corrected chi connectivity index (χ4v) is 2.13. The second-order valence-corrected chi connectivity index (χ2v) is 5.68. The molecular weight excluding hydrogens is 280 g/mol. The second kappa shape index (κ2) is 14.8. The Morgan fingerprint density at radius 1 is 1.00 bits per heavy atom. The normalized spacial score (nSPS) is 14.7. The standard InChI is InChI=1S/C18H32O4/c1-2-3-4-5-6-7-8-10-13-16(19)17(20)14-11-9-12-15-18(21)22/h6-7,10,13,16-17,19-20H,2-5,8-9,11-12,14-15H2,1H3,(H,21,22)/b7-6-,13-10-/t16-,17+/m0/s1. The molecule has 0 unspecified atom stereocenters. The van der Waals surface area contributed by atoms with Crippen LogP contribution in [0.2, 0.25) is 0 Å². The molecule has 2 atom stereocenters. The summed E-state index contributed by atoms with van der Waals surface area (Å²) in [6, 6.07) is 0. The van der Waals surface area contributed by atoms with E-state index in [-0.39, 0.29) is 6.42 Å². The largest absolute Gasteiger partial charge is 0.481 e. The van der Waals surface area contributed by atoms with Crippen LogP contribution in [-0.2, 0) is 4.79 Å². The molecule has 0 saturated carbocycles. The van der Waals surface area contributed by atoms with E-state index in [0.29, 0.717) is 12.8 Å². The highest BCUT2D eigenvalue weighted by Gasteiger charge is 2.12. The summed E-state index contributed by atoms with van der Waals surface area (Å²) in [5, 5.41) is 28.1. The zero-order chi connectivity index (χ0) is 16.6. The Hall–Kier alpha value is -1.13. The third-order valence-corrected chi connectivity index (χ3v) is 3.53. The van der Waals surface area contributed by atoms with Crippen LogP contribution in [0, 0.1) is 0 Å². The molecule has 0 aliphatic carbocycles. The van der Waals surface area contributed by atoms with Gasteiger partial charge < -0.3 is 15.3 Å². The van der Waals surface area contributed by atoms with Crippen molar-refractivity contribution in [3.05, 3.63) is 24.3 Å². The molecule has 0 aliphatic heterocycles. The lowest BCUT2D eigenvalue weighted by molar-refractivity contribution is -0.137. The van der Waals surface area contributed by atoms with Crippen LogP contribution in [-0.4, -0.2) is 33.5 Å². The molecule has 0 aliphatic rings. The van der Waals surface area contributed by atoms with Crippen LogP contribution < -0.4 is 0 Å². The molecule has 0 rings (SSSR count). The number of hydrogen-bond acceptors (Lipinski definition) is 3. The summed E-state index contributed by atoms with van der Waals surface area (Å²) < 4.78 is 0. The van der Waals surface area contributed by atoms with E-state index in [1.165, 1.54) is 19.3 Å². The number of carbonyl (C=O) groups is 1. The molecule has 0 aromatic carbocycles. The van der Waals surface area contributed by atoms with E-state index in [1.54, 1.807) is 6.08 Å².